The molecule has 2 heterocycles. The summed E-state index contributed by atoms with van der Waals surface area (Å²) in [6, 6.07) is 7.16. The Bertz CT molecular complexity index is 595. The highest BCUT2D eigenvalue weighted by Gasteiger charge is 2.65. The highest BCUT2D eigenvalue weighted by molar-refractivity contribution is 7.89. The van der Waals surface area contributed by atoms with Crippen molar-refractivity contribution < 1.29 is 13.2 Å². The van der Waals surface area contributed by atoms with Crippen molar-refractivity contribution in [1.82, 2.24) is 4.31 Å². The summed E-state index contributed by atoms with van der Waals surface area (Å²) >= 11 is 0. The highest BCUT2D eigenvalue weighted by atomic mass is 32.2. The van der Waals surface area contributed by atoms with E-state index in [4.69, 9.17) is 4.74 Å². The average molecular weight is 265 g/mol. The van der Waals surface area contributed by atoms with Crippen molar-refractivity contribution in [2.45, 2.75) is 36.5 Å². The molecule has 4 nitrogen and oxygen atoms in total. The Kier molecular flexibility index (Phi) is 2.04. The zero-order chi connectivity index (χ0) is 12.5. The molecule has 18 heavy (non-hydrogen) atoms. The molecule has 4 unspecified atom stereocenters. The summed E-state index contributed by atoms with van der Waals surface area (Å²) in [5, 5.41) is 0. The Hall–Kier alpha value is -0.910. The van der Waals surface area contributed by atoms with Crippen LogP contribution in [0.4, 0.5) is 0 Å². The number of benzene rings is 1. The summed E-state index contributed by atoms with van der Waals surface area (Å²) in [6.45, 7) is 2.58. The molecule has 0 N–H and O–H groups in total. The van der Waals surface area contributed by atoms with E-state index in [9.17, 15) is 8.42 Å². The Balaban J connectivity index is 1.69. The van der Waals surface area contributed by atoms with Crippen LogP contribution in [-0.4, -0.2) is 37.5 Å². The van der Waals surface area contributed by atoms with Crippen LogP contribution in [0.3, 0.4) is 0 Å². The minimum absolute atomic E-state index is 0.0753. The van der Waals surface area contributed by atoms with E-state index in [1.165, 1.54) is 0 Å². The number of hydrogen-bond donors (Lipinski definition) is 0. The van der Waals surface area contributed by atoms with Gasteiger partial charge in [0, 0.05) is 12.5 Å². The molecule has 0 aromatic heterocycles. The van der Waals surface area contributed by atoms with Crippen LogP contribution in [0, 0.1) is 12.8 Å². The van der Waals surface area contributed by atoms with Crippen molar-refractivity contribution in [1.29, 1.82) is 0 Å². The van der Waals surface area contributed by atoms with Gasteiger partial charge in [-0.25, -0.2) is 8.42 Å². The first-order valence-corrected chi connectivity index (χ1v) is 7.75. The van der Waals surface area contributed by atoms with E-state index in [0.717, 1.165) is 12.0 Å². The van der Waals surface area contributed by atoms with Gasteiger partial charge in [0.05, 0.1) is 17.0 Å². The molecule has 4 atom stereocenters. The third-order valence-electron chi connectivity index (χ3n) is 4.36. The second-order valence-corrected chi connectivity index (χ2v) is 7.41. The second kappa shape index (κ2) is 3.35. The van der Waals surface area contributed by atoms with Crippen molar-refractivity contribution in [2.24, 2.45) is 5.92 Å². The van der Waals surface area contributed by atoms with Crippen LogP contribution >= 0.6 is 0 Å². The maximum absolute atomic E-state index is 12.6. The first kappa shape index (κ1) is 11.0. The molecule has 4 rings (SSSR count). The maximum Gasteiger partial charge on any atom is 0.243 e. The molecule has 5 heteroatoms. The second-order valence-electron chi connectivity index (χ2n) is 5.52. The summed E-state index contributed by atoms with van der Waals surface area (Å²) in [6.07, 6.45) is 1.49. The minimum Gasteiger partial charge on any atom is -0.367 e. The summed E-state index contributed by atoms with van der Waals surface area (Å²) in [5.41, 5.74) is 1.07. The molecule has 3 aliphatic rings. The summed E-state index contributed by atoms with van der Waals surface area (Å²) in [5.74, 6) is 0.417. The van der Waals surface area contributed by atoms with Crippen molar-refractivity contribution in [3.8, 4) is 0 Å². The molecule has 1 aliphatic carbocycles. The Morgan fingerprint density at radius 2 is 1.94 bits per heavy atom. The molecule has 0 spiro atoms. The van der Waals surface area contributed by atoms with Crippen molar-refractivity contribution in [3.05, 3.63) is 29.8 Å². The number of nitrogens with zero attached hydrogens (tertiary/aromatic N) is 1. The molecule has 1 aromatic carbocycles. The summed E-state index contributed by atoms with van der Waals surface area (Å²) < 4.78 is 32.3. The quantitative estimate of drug-likeness (QED) is 0.754. The lowest BCUT2D eigenvalue weighted by Crippen LogP contribution is -2.41. The lowest BCUT2D eigenvalue weighted by atomic mass is 10.1. The van der Waals surface area contributed by atoms with Crippen LogP contribution in [0.2, 0.25) is 0 Å². The lowest BCUT2D eigenvalue weighted by molar-refractivity contribution is 0.273. The number of sulfonamides is 1. The zero-order valence-corrected chi connectivity index (χ0v) is 10.9. The first-order chi connectivity index (χ1) is 8.57. The number of ether oxygens (including phenoxy) is 1. The molecule has 0 radical (unpaired) electrons. The van der Waals surface area contributed by atoms with Gasteiger partial charge in [-0.2, -0.15) is 4.31 Å². The standard InChI is InChI=1S/C13H15NO3S/c1-8-2-4-10(5-3-8)18(15,16)14-7-9-6-11(14)13-12(9)17-13/h2-5,9,11-13H,6-7H2,1H3. The van der Waals surface area contributed by atoms with Gasteiger partial charge >= 0.3 is 0 Å². The van der Waals surface area contributed by atoms with Gasteiger partial charge in [-0.05, 0) is 25.5 Å². The minimum atomic E-state index is -3.34. The van der Waals surface area contributed by atoms with Crippen LogP contribution in [-0.2, 0) is 14.8 Å². The van der Waals surface area contributed by atoms with Gasteiger partial charge in [0.15, 0.2) is 0 Å². The molecule has 2 aliphatic heterocycles. The van der Waals surface area contributed by atoms with E-state index in [1.807, 2.05) is 19.1 Å². The molecule has 1 aromatic rings. The summed E-state index contributed by atoms with van der Waals surface area (Å²) in [4.78, 5) is 0.401. The molecular formula is C13H15NO3S. The maximum atomic E-state index is 12.6. The average Bonchev–Trinajstić information content (AvgIpc) is 2.94. The van der Waals surface area contributed by atoms with Crippen molar-refractivity contribution >= 4 is 10.0 Å². The van der Waals surface area contributed by atoms with Crippen LogP contribution in [0.1, 0.15) is 12.0 Å². The van der Waals surface area contributed by atoms with Gasteiger partial charge in [-0.1, -0.05) is 17.7 Å². The SMILES string of the molecule is Cc1ccc(S(=O)(=O)N2CC3CC2C2OC32)cc1. The largest absolute Gasteiger partial charge is 0.367 e. The van der Waals surface area contributed by atoms with Gasteiger partial charge in [0.2, 0.25) is 10.0 Å². The molecule has 3 fully saturated rings. The van der Waals surface area contributed by atoms with Gasteiger partial charge in [-0.15, -0.1) is 0 Å². The fourth-order valence-electron chi connectivity index (χ4n) is 3.35. The fourth-order valence-corrected chi connectivity index (χ4v) is 5.05. The normalized spacial score (nSPS) is 37.8. The topological polar surface area (TPSA) is 49.9 Å². The Morgan fingerprint density at radius 1 is 1.22 bits per heavy atom. The number of hydrogen-bond acceptors (Lipinski definition) is 3. The van der Waals surface area contributed by atoms with Gasteiger partial charge < -0.3 is 4.74 Å². The van der Waals surface area contributed by atoms with Gasteiger partial charge in [-0.3, -0.25) is 0 Å². The first-order valence-electron chi connectivity index (χ1n) is 6.31. The molecule has 96 valence electrons. The van der Waals surface area contributed by atoms with E-state index in [0.29, 0.717) is 23.5 Å². The number of rotatable bonds is 2. The molecule has 1 saturated carbocycles. The van der Waals surface area contributed by atoms with E-state index >= 15 is 0 Å². The van der Waals surface area contributed by atoms with E-state index in [-0.39, 0.29) is 12.1 Å². The van der Waals surface area contributed by atoms with Crippen LogP contribution in [0.5, 0.6) is 0 Å². The van der Waals surface area contributed by atoms with E-state index < -0.39 is 10.0 Å². The van der Waals surface area contributed by atoms with Crippen molar-refractivity contribution in [2.75, 3.05) is 6.54 Å². The number of epoxide rings is 1. The zero-order valence-electron chi connectivity index (χ0n) is 10.1. The predicted molar refractivity (Wildman–Crippen MR) is 65.6 cm³/mol. The van der Waals surface area contributed by atoms with Crippen LogP contribution in [0.15, 0.2) is 29.2 Å². The Morgan fingerprint density at radius 3 is 2.56 bits per heavy atom. The fraction of sp³-hybridized carbons (Fsp3) is 0.538. The van der Waals surface area contributed by atoms with E-state index in [2.05, 4.69) is 0 Å². The Labute approximate surface area is 107 Å². The number of aryl methyl sites for hydroxylation is 1. The molecule has 0 amide bonds. The summed E-state index contributed by atoms with van der Waals surface area (Å²) in [7, 11) is -3.34. The highest BCUT2D eigenvalue weighted by Crippen LogP contribution is 2.52. The lowest BCUT2D eigenvalue weighted by Gasteiger charge is -2.24. The predicted octanol–water partition coefficient (Wildman–Crippen LogP) is 1.16. The molecule has 2 bridgehead atoms. The third kappa shape index (κ3) is 1.35. The van der Waals surface area contributed by atoms with E-state index in [1.54, 1.807) is 16.4 Å². The van der Waals surface area contributed by atoms with Gasteiger partial charge in [0.25, 0.3) is 0 Å². The van der Waals surface area contributed by atoms with Crippen LogP contribution < -0.4 is 0 Å². The van der Waals surface area contributed by atoms with Crippen LogP contribution in [0.25, 0.3) is 0 Å². The van der Waals surface area contributed by atoms with Gasteiger partial charge in [0.1, 0.15) is 6.10 Å². The number of piperidine rings is 1. The smallest absolute Gasteiger partial charge is 0.243 e. The molecular weight excluding hydrogens is 250 g/mol. The van der Waals surface area contributed by atoms with Crippen molar-refractivity contribution in [3.63, 3.8) is 0 Å². The monoisotopic (exact) mass is 265 g/mol. The number of fused-ring (bicyclic) bond motifs is 5. The molecule has 2 saturated heterocycles. The third-order valence-corrected chi connectivity index (χ3v) is 6.27.